The number of halogens is 6. The lowest BCUT2D eigenvalue weighted by Crippen LogP contribution is -2.16. The first-order valence-corrected chi connectivity index (χ1v) is 12.1. The summed E-state index contributed by atoms with van der Waals surface area (Å²) in [5.41, 5.74) is 0.106. The maximum Gasteiger partial charge on any atom is 0.416 e. The van der Waals surface area contributed by atoms with E-state index < -0.39 is 41.4 Å². The number of aryl methyl sites for hydroxylation is 2. The Balaban J connectivity index is 1.71. The van der Waals surface area contributed by atoms with Crippen LogP contribution in [0.25, 0.3) is 0 Å². The largest absolute Gasteiger partial charge is 0.416 e. The fourth-order valence-electron chi connectivity index (χ4n) is 5.13. The van der Waals surface area contributed by atoms with Crippen molar-refractivity contribution in [1.29, 1.82) is 0 Å². The van der Waals surface area contributed by atoms with E-state index in [-0.39, 0.29) is 6.42 Å². The number of fused-ring (bicyclic) bond motifs is 1. The molecule has 0 saturated carbocycles. The molecule has 0 aromatic heterocycles. The summed E-state index contributed by atoms with van der Waals surface area (Å²) in [6.07, 6.45) is -4.00. The second kappa shape index (κ2) is 11.0. The van der Waals surface area contributed by atoms with E-state index in [1.165, 1.54) is 12.0 Å². The smallest absolute Gasteiger partial charge is 0.326 e. The third-order valence-corrected chi connectivity index (χ3v) is 6.97. The van der Waals surface area contributed by atoms with Crippen LogP contribution in [0.5, 0.6) is 0 Å². The summed E-state index contributed by atoms with van der Waals surface area (Å²) >= 11 is 0. The number of hydrogen-bond donors (Lipinski definition) is 1. The molecule has 0 radical (unpaired) electrons. The van der Waals surface area contributed by atoms with E-state index in [1.54, 1.807) is 6.07 Å². The van der Waals surface area contributed by atoms with Crippen molar-refractivity contribution in [3.63, 3.8) is 0 Å². The standard InChI is InChI=1S/C27H31F6NO/c1-3-5-18-14-19-8-11-23(16-20(19)7-6-17(18)4-2)34-25(35)13-9-21-15-22(26(28,29)30)10-12-24(21)27(31,32)33/h8,10-12,15-18H,3-7,9,13-14H2,1-2H3,(H,34,35)/t17-,18?/m0/s1. The minimum Gasteiger partial charge on any atom is -0.326 e. The normalized spacial score (nSPS) is 18.6. The van der Waals surface area contributed by atoms with Gasteiger partial charge in [0.05, 0.1) is 11.1 Å². The monoisotopic (exact) mass is 499 g/mol. The molecule has 192 valence electrons. The Morgan fingerprint density at radius 3 is 2.31 bits per heavy atom. The Labute approximate surface area is 202 Å². The summed E-state index contributed by atoms with van der Waals surface area (Å²) in [5, 5.41) is 2.70. The van der Waals surface area contributed by atoms with Crippen LogP contribution in [-0.4, -0.2) is 5.91 Å². The van der Waals surface area contributed by atoms with Gasteiger partial charge in [-0.05, 0) is 84.5 Å². The van der Waals surface area contributed by atoms with E-state index in [9.17, 15) is 31.1 Å². The fourth-order valence-corrected chi connectivity index (χ4v) is 5.13. The molecule has 2 nitrogen and oxygen atoms in total. The predicted molar refractivity (Wildman–Crippen MR) is 124 cm³/mol. The molecule has 0 fully saturated rings. The molecule has 3 rings (SSSR count). The molecule has 2 atom stereocenters. The van der Waals surface area contributed by atoms with E-state index in [1.807, 2.05) is 12.1 Å². The molecule has 2 aromatic carbocycles. The second-order valence-corrected chi connectivity index (χ2v) is 9.36. The van der Waals surface area contributed by atoms with Gasteiger partial charge in [0.1, 0.15) is 0 Å². The number of rotatable bonds is 7. The van der Waals surface area contributed by atoms with Gasteiger partial charge in [-0.15, -0.1) is 0 Å². The van der Waals surface area contributed by atoms with E-state index in [2.05, 4.69) is 19.2 Å². The Morgan fingerprint density at radius 2 is 1.69 bits per heavy atom. The number of nitrogens with one attached hydrogen (secondary N) is 1. The van der Waals surface area contributed by atoms with Crippen LogP contribution in [0, 0.1) is 11.8 Å². The van der Waals surface area contributed by atoms with Crippen molar-refractivity contribution in [3.05, 3.63) is 64.2 Å². The average molecular weight is 500 g/mol. The lowest BCUT2D eigenvalue weighted by atomic mass is 9.82. The fraction of sp³-hybridized carbons (Fsp3) is 0.519. The van der Waals surface area contributed by atoms with Crippen molar-refractivity contribution in [2.24, 2.45) is 11.8 Å². The maximum atomic E-state index is 13.3. The van der Waals surface area contributed by atoms with Crippen LogP contribution >= 0.6 is 0 Å². The van der Waals surface area contributed by atoms with Crippen molar-refractivity contribution in [2.45, 2.75) is 77.6 Å². The lowest BCUT2D eigenvalue weighted by molar-refractivity contribution is -0.141. The van der Waals surface area contributed by atoms with Gasteiger partial charge in [-0.1, -0.05) is 39.2 Å². The van der Waals surface area contributed by atoms with Crippen molar-refractivity contribution >= 4 is 11.6 Å². The summed E-state index contributed by atoms with van der Waals surface area (Å²) < 4.78 is 78.9. The molecule has 1 amide bonds. The molecular weight excluding hydrogens is 468 g/mol. The van der Waals surface area contributed by atoms with Gasteiger partial charge in [0.25, 0.3) is 0 Å². The van der Waals surface area contributed by atoms with E-state index in [0.717, 1.165) is 37.7 Å². The summed E-state index contributed by atoms with van der Waals surface area (Å²) in [6.45, 7) is 4.40. The van der Waals surface area contributed by atoms with Gasteiger partial charge in [0.15, 0.2) is 0 Å². The summed E-state index contributed by atoms with van der Waals surface area (Å²) in [6, 6.07) is 7.03. The number of amides is 1. The quantitative estimate of drug-likeness (QED) is 0.302. The third kappa shape index (κ3) is 7.01. The van der Waals surface area contributed by atoms with E-state index in [4.69, 9.17) is 0 Å². The SMILES string of the molecule is CCCC1Cc2ccc(NC(=O)CCc3cc(C(F)(F)F)ccc3C(F)(F)F)cc2CC[C@@H]1CC. The predicted octanol–water partition coefficient (Wildman–Crippen LogP) is 8.23. The highest BCUT2D eigenvalue weighted by Crippen LogP contribution is 2.37. The second-order valence-electron chi connectivity index (χ2n) is 9.36. The van der Waals surface area contributed by atoms with Gasteiger partial charge in [-0.2, -0.15) is 26.3 Å². The van der Waals surface area contributed by atoms with E-state index in [0.29, 0.717) is 35.7 Å². The Hall–Kier alpha value is -2.51. The minimum atomic E-state index is -4.81. The van der Waals surface area contributed by atoms with Crippen molar-refractivity contribution < 1.29 is 31.1 Å². The zero-order chi connectivity index (χ0) is 25.8. The zero-order valence-electron chi connectivity index (χ0n) is 20.0. The van der Waals surface area contributed by atoms with Crippen LogP contribution in [0.15, 0.2) is 36.4 Å². The van der Waals surface area contributed by atoms with Crippen molar-refractivity contribution in [1.82, 2.24) is 0 Å². The third-order valence-electron chi connectivity index (χ3n) is 6.97. The number of alkyl halides is 6. The molecule has 0 bridgehead atoms. The molecule has 0 spiro atoms. The molecule has 1 unspecified atom stereocenters. The molecule has 8 heteroatoms. The van der Waals surface area contributed by atoms with Crippen LogP contribution < -0.4 is 5.32 Å². The van der Waals surface area contributed by atoms with Crippen LogP contribution in [0.1, 0.15) is 73.8 Å². The van der Waals surface area contributed by atoms with Gasteiger partial charge in [0.2, 0.25) is 5.91 Å². The van der Waals surface area contributed by atoms with Gasteiger partial charge < -0.3 is 5.32 Å². The molecule has 0 saturated heterocycles. The summed E-state index contributed by atoms with van der Waals surface area (Å²) in [4.78, 5) is 12.5. The first-order chi connectivity index (χ1) is 16.4. The van der Waals surface area contributed by atoms with Crippen LogP contribution in [0.2, 0.25) is 0 Å². The molecule has 35 heavy (non-hydrogen) atoms. The van der Waals surface area contributed by atoms with Gasteiger partial charge >= 0.3 is 12.4 Å². The molecule has 0 aliphatic heterocycles. The van der Waals surface area contributed by atoms with Gasteiger partial charge in [-0.3, -0.25) is 4.79 Å². The average Bonchev–Trinajstić information content (AvgIpc) is 2.95. The van der Waals surface area contributed by atoms with E-state index >= 15 is 0 Å². The topological polar surface area (TPSA) is 29.1 Å². The van der Waals surface area contributed by atoms with Crippen molar-refractivity contribution in [3.8, 4) is 0 Å². The highest BCUT2D eigenvalue weighted by molar-refractivity contribution is 5.91. The molecule has 2 aromatic rings. The van der Waals surface area contributed by atoms with Crippen LogP contribution in [0.3, 0.4) is 0 Å². The maximum absolute atomic E-state index is 13.3. The van der Waals surface area contributed by atoms with Gasteiger partial charge in [0, 0.05) is 12.1 Å². The number of anilines is 1. The van der Waals surface area contributed by atoms with Gasteiger partial charge in [-0.25, -0.2) is 0 Å². The number of carbonyl (C=O) groups excluding carboxylic acids is 1. The summed E-state index contributed by atoms with van der Waals surface area (Å²) in [7, 11) is 0. The minimum absolute atomic E-state index is 0.363. The number of benzene rings is 2. The lowest BCUT2D eigenvalue weighted by Gasteiger charge is -2.23. The Kier molecular flexibility index (Phi) is 8.54. The Morgan fingerprint density at radius 1 is 0.943 bits per heavy atom. The highest BCUT2D eigenvalue weighted by Gasteiger charge is 2.37. The molecule has 1 N–H and O–H groups in total. The number of carbonyl (C=O) groups is 1. The molecule has 0 heterocycles. The summed E-state index contributed by atoms with van der Waals surface area (Å²) in [5.74, 6) is 0.733. The first-order valence-electron chi connectivity index (χ1n) is 12.1. The Bertz CT molecular complexity index is 1030. The molecular formula is C27H31F6NO. The van der Waals surface area contributed by atoms with Crippen LogP contribution in [0.4, 0.5) is 32.0 Å². The zero-order valence-corrected chi connectivity index (χ0v) is 20.0. The molecule has 1 aliphatic carbocycles. The molecule has 1 aliphatic rings. The van der Waals surface area contributed by atoms with Crippen LogP contribution in [-0.2, 0) is 36.4 Å². The number of hydrogen-bond acceptors (Lipinski definition) is 1. The first kappa shape index (κ1) is 27.1. The van der Waals surface area contributed by atoms with Crippen molar-refractivity contribution in [2.75, 3.05) is 5.32 Å². The highest BCUT2D eigenvalue weighted by atomic mass is 19.4.